The van der Waals surface area contributed by atoms with Crippen molar-refractivity contribution in [2.45, 2.75) is 66.2 Å². The molecule has 0 saturated carbocycles. The summed E-state index contributed by atoms with van der Waals surface area (Å²) >= 11 is 0. The topological polar surface area (TPSA) is 64.1 Å². The first-order chi connectivity index (χ1) is 28.3. The molecule has 292 valence electrons. The van der Waals surface area contributed by atoms with Gasteiger partial charge in [0.2, 0.25) is 0 Å². The Kier molecular flexibility index (Phi) is 9.16. The number of furan rings is 1. The van der Waals surface area contributed by atoms with Crippen LogP contribution in [-0.2, 0) is 10.8 Å². The molecule has 0 aliphatic carbocycles. The van der Waals surface area contributed by atoms with Crippen molar-refractivity contribution in [2.24, 2.45) is 0 Å². The summed E-state index contributed by atoms with van der Waals surface area (Å²) < 4.78 is 8.89. The Hall–Kier alpha value is -6.72. The first kappa shape index (κ1) is 37.8. The summed E-state index contributed by atoms with van der Waals surface area (Å²) in [5.41, 5.74) is 15.1. The number of aromatic hydroxyl groups is 1. The molecule has 0 fully saturated rings. The summed E-state index contributed by atoms with van der Waals surface area (Å²) in [6.07, 6.45) is 1.86. The summed E-state index contributed by atoms with van der Waals surface area (Å²) in [6, 6.07) is 48.6. The van der Waals surface area contributed by atoms with Crippen molar-refractivity contribution in [3.05, 3.63) is 168 Å². The molecule has 5 heteroatoms. The Morgan fingerprint density at radius 3 is 2.00 bits per heavy atom. The molecule has 0 bridgehead atoms. The van der Waals surface area contributed by atoms with Crippen molar-refractivity contribution in [1.29, 1.82) is 0 Å². The number of pyridine rings is 1. The lowest BCUT2D eigenvalue weighted by molar-refractivity contribution is 0.446. The molecular weight excluding hydrogens is 723 g/mol. The van der Waals surface area contributed by atoms with Gasteiger partial charge in [-0.15, -0.1) is 0 Å². The van der Waals surface area contributed by atoms with Gasteiger partial charge in [-0.1, -0.05) is 145 Å². The number of phenols is 1. The molecule has 0 unspecified atom stereocenters. The zero-order chi connectivity index (χ0) is 41.2. The van der Waals surface area contributed by atoms with Crippen molar-refractivity contribution in [3.8, 4) is 67.7 Å². The van der Waals surface area contributed by atoms with Gasteiger partial charge in [0.25, 0.3) is 0 Å². The van der Waals surface area contributed by atoms with Gasteiger partial charge in [-0.05, 0) is 88.9 Å². The maximum Gasteiger partial charge on any atom is 0.161 e. The van der Waals surface area contributed by atoms with Gasteiger partial charge >= 0.3 is 0 Å². The molecule has 9 aromatic rings. The van der Waals surface area contributed by atoms with Crippen molar-refractivity contribution in [1.82, 2.24) is 14.5 Å². The van der Waals surface area contributed by atoms with Gasteiger partial charge < -0.3 is 9.52 Å². The molecule has 6 aromatic carbocycles. The number of nitrogens with zero attached hydrogens (tertiary/aromatic N) is 3. The molecule has 0 amide bonds. The minimum absolute atomic E-state index is 0.169. The van der Waals surface area contributed by atoms with E-state index >= 15 is 0 Å². The minimum Gasteiger partial charge on any atom is -0.507 e. The van der Waals surface area contributed by atoms with Crippen LogP contribution in [0.2, 0.25) is 0 Å². The largest absolute Gasteiger partial charge is 0.507 e. The number of rotatable bonds is 6. The number of imidazole rings is 1. The van der Waals surface area contributed by atoms with E-state index in [0.29, 0.717) is 11.4 Å². The Bertz CT molecular complexity index is 3020. The Morgan fingerprint density at radius 1 is 0.593 bits per heavy atom. The monoisotopic (exact) mass is 771 g/mol. The van der Waals surface area contributed by atoms with Crippen LogP contribution < -0.4 is 0 Å². The number of aromatic nitrogens is 3. The first-order valence-electron chi connectivity index (χ1n) is 20.4. The van der Waals surface area contributed by atoms with Gasteiger partial charge in [0.05, 0.1) is 22.3 Å². The molecular formula is C54H49N3O2. The fourth-order valence-corrected chi connectivity index (χ4v) is 8.43. The van der Waals surface area contributed by atoms with Crippen LogP contribution in [0.1, 0.15) is 63.8 Å². The van der Waals surface area contributed by atoms with Gasteiger partial charge in [0, 0.05) is 39.4 Å². The molecule has 0 spiro atoms. The second kappa shape index (κ2) is 14.3. The highest BCUT2D eigenvalue weighted by atomic mass is 16.3. The normalized spacial score (nSPS) is 12.1. The van der Waals surface area contributed by atoms with E-state index in [1.165, 1.54) is 11.1 Å². The molecule has 1 N–H and O–H groups in total. The van der Waals surface area contributed by atoms with E-state index in [4.69, 9.17) is 14.4 Å². The Balaban J connectivity index is 1.29. The SMILES string of the molecule is Cc1cccc(C)c1-c1cc2ccnc(-c3cccc(-c4cccc5c4nc(-c4cc(C(C)(C)C)cc(C(C)(C)C)c4O)n5-c4ccccc4-c4ccccc4)c3)c2o1. The summed E-state index contributed by atoms with van der Waals surface area (Å²) in [6.45, 7) is 17.4. The van der Waals surface area contributed by atoms with Gasteiger partial charge in [-0.3, -0.25) is 9.55 Å². The second-order valence-electron chi connectivity index (χ2n) is 17.8. The zero-order valence-electron chi connectivity index (χ0n) is 35.1. The average molecular weight is 772 g/mol. The van der Waals surface area contributed by atoms with E-state index in [0.717, 1.165) is 83.7 Å². The van der Waals surface area contributed by atoms with Crippen LogP contribution >= 0.6 is 0 Å². The third kappa shape index (κ3) is 6.71. The molecule has 5 nitrogen and oxygen atoms in total. The number of benzene rings is 6. The van der Waals surface area contributed by atoms with Gasteiger partial charge in [-0.2, -0.15) is 0 Å². The predicted octanol–water partition coefficient (Wildman–Crippen LogP) is 14.4. The van der Waals surface area contributed by atoms with Crippen LogP contribution in [-0.4, -0.2) is 19.6 Å². The summed E-state index contributed by atoms with van der Waals surface area (Å²) in [7, 11) is 0. The third-order valence-corrected chi connectivity index (χ3v) is 11.5. The highest BCUT2D eigenvalue weighted by molar-refractivity contribution is 5.99. The lowest BCUT2D eigenvalue weighted by Crippen LogP contribution is -2.17. The number of hydrogen-bond donors (Lipinski definition) is 1. The molecule has 0 radical (unpaired) electrons. The van der Waals surface area contributed by atoms with E-state index in [1.807, 2.05) is 18.3 Å². The van der Waals surface area contributed by atoms with E-state index in [9.17, 15) is 5.11 Å². The molecule has 0 saturated heterocycles. The molecule has 0 aliphatic rings. The number of fused-ring (bicyclic) bond motifs is 2. The lowest BCUT2D eigenvalue weighted by Gasteiger charge is -2.27. The molecule has 59 heavy (non-hydrogen) atoms. The predicted molar refractivity (Wildman–Crippen MR) is 244 cm³/mol. The maximum absolute atomic E-state index is 12.3. The molecule has 3 aromatic heterocycles. The van der Waals surface area contributed by atoms with Gasteiger partial charge in [0.15, 0.2) is 5.58 Å². The van der Waals surface area contributed by atoms with E-state index in [2.05, 4.69) is 187 Å². The summed E-state index contributed by atoms with van der Waals surface area (Å²) in [4.78, 5) is 10.4. The number of hydrogen-bond acceptors (Lipinski definition) is 4. The van der Waals surface area contributed by atoms with Gasteiger partial charge in [-0.25, -0.2) is 4.98 Å². The minimum atomic E-state index is -0.311. The van der Waals surface area contributed by atoms with Gasteiger partial charge in [0.1, 0.15) is 23.0 Å². The van der Waals surface area contributed by atoms with E-state index in [1.54, 1.807) is 0 Å². The lowest BCUT2D eigenvalue weighted by atomic mass is 9.79. The Labute approximate surface area is 346 Å². The van der Waals surface area contributed by atoms with Crippen LogP contribution in [0.5, 0.6) is 5.75 Å². The summed E-state index contributed by atoms with van der Waals surface area (Å²) in [5, 5.41) is 13.3. The fraction of sp³-hybridized carbons (Fsp3) is 0.185. The van der Waals surface area contributed by atoms with E-state index in [-0.39, 0.29) is 16.6 Å². The maximum atomic E-state index is 12.3. The Morgan fingerprint density at radius 2 is 1.25 bits per heavy atom. The van der Waals surface area contributed by atoms with Crippen molar-refractivity contribution in [3.63, 3.8) is 0 Å². The third-order valence-electron chi connectivity index (χ3n) is 11.5. The van der Waals surface area contributed by atoms with Crippen LogP contribution in [0.4, 0.5) is 0 Å². The second-order valence-corrected chi connectivity index (χ2v) is 17.8. The van der Waals surface area contributed by atoms with Crippen LogP contribution in [0, 0.1) is 13.8 Å². The molecule has 3 heterocycles. The molecule has 0 atom stereocenters. The van der Waals surface area contributed by atoms with E-state index < -0.39 is 0 Å². The first-order valence-corrected chi connectivity index (χ1v) is 20.4. The highest BCUT2D eigenvalue weighted by Gasteiger charge is 2.29. The van der Waals surface area contributed by atoms with Crippen molar-refractivity contribution in [2.75, 3.05) is 0 Å². The quantitative estimate of drug-likeness (QED) is 0.183. The number of aryl methyl sites for hydroxylation is 2. The molecule has 9 rings (SSSR count). The van der Waals surface area contributed by atoms with Crippen LogP contribution in [0.3, 0.4) is 0 Å². The van der Waals surface area contributed by atoms with Crippen LogP contribution in [0.25, 0.3) is 83.9 Å². The standard InChI is InChI=1S/C54H49N3O2/c1-33-17-14-18-34(2)47(33)46-30-38-27-28-55-48(51(38)59-46)37-22-15-21-36(29-37)41-24-16-26-45-49(41)56-52(42-31-39(53(3,4)5)32-43(50(42)58)54(6,7)8)57(45)44-25-13-12-23-40(44)35-19-10-9-11-20-35/h9-32,58H,1-8H3. The smallest absolute Gasteiger partial charge is 0.161 e. The van der Waals surface area contributed by atoms with Crippen LogP contribution in [0.15, 0.2) is 150 Å². The summed E-state index contributed by atoms with van der Waals surface area (Å²) in [5.74, 6) is 1.77. The number of phenolic OH excluding ortho intramolecular Hbond substituents is 1. The fourth-order valence-electron chi connectivity index (χ4n) is 8.43. The van der Waals surface area contributed by atoms with Crippen molar-refractivity contribution < 1.29 is 9.52 Å². The molecule has 0 aliphatic heterocycles. The van der Waals surface area contributed by atoms with Crippen molar-refractivity contribution >= 4 is 22.0 Å². The average Bonchev–Trinajstić information content (AvgIpc) is 3.82. The zero-order valence-corrected chi connectivity index (χ0v) is 35.1. The number of para-hydroxylation sites is 2. The highest BCUT2D eigenvalue weighted by Crippen LogP contribution is 2.45.